The Morgan fingerprint density at radius 3 is 2.28 bits per heavy atom. The zero-order valence-corrected chi connectivity index (χ0v) is 17.6. The average Bonchev–Trinajstić information content (AvgIpc) is 2.82. The van der Waals surface area contributed by atoms with Gasteiger partial charge in [-0.15, -0.1) is 0 Å². The zero-order chi connectivity index (χ0) is 22.8. The summed E-state index contributed by atoms with van der Waals surface area (Å²) in [7, 11) is 1.56. The number of carbonyl (C=O) groups is 1. The Morgan fingerprint density at radius 2 is 1.56 bits per heavy atom. The van der Waals surface area contributed by atoms with E-state index in [1.165, 1.54) is 24.3 Å². The summed E-state index contributed by atoms with van der Waals surface area (Å²) in [5, 5.41) is 19.3. The molecular formula is C27H24O5. The van der Waals surface area contributed by atoms with Crippen LogP contribution >= 0.6 is 0 Å². The third-order valence-corrected chi connectivity index (χ3v) is 4.49. The third kappa shape index (κ3) is 6.92. The Balaban J connectivity index is 1.61. The van der Waals surface area contributed by atoms with Crippen molar-refractivity contribution >= 4 is 17.9 Å². The van der Waals surface area contributed by atoms with Crippen molar-refractivity contribution in [2.75, 3.05) is 7.11 Å². The molecule has 0 atom stereocenters. The molecule has 0 aliphatic heterocycles. The van der Waals surface area contributed by atoms with Crippen LogP contribution in [0.4, 0.5) is 0 Å². The molecule has 162 valence electrons. The topological polar surface area (TPSA) is 76.0 Å². The van der Waals surface area contributed by atoms with Gasteiger partial charge in [-0.3, -0.25) is 4.79 Å². The van der Waals surface area contributed by atoms with E-state index in [1.54, 1.807) is 43.5 Å². The summed E-state index contributed by atoms with van der Waals surface area (Å²) in [4.78, 5) is 12.0. The molecule has 32 heavy (non-hydrogen) atoms. The first kappa shape index (κ1) is 22.4. The van der Waals surface area contributed by atoms with E-state index in [0.717, 1.165) is 22.8 Å². The molecule has 2 N–H and O–H groups in total. The average molecular weight is 428 g/mol. The molecule has 5 nitrogen and oxygen atoms in total. The van der Waals surface area contributed by atoms with Gasteiger partial charge in [0.15, 0.2) is 17.3 Å². The molecular weight excluding hydrogens is 404 g/mol. The van der Waals surface area contributed by atoms with Gasteiger partial charge < -0.3 is 19.7 Å². The van der Waals surface area contributed by atoms with Crippen LogP contribution in [0, 0.1) is 0 Å². The number of carbonyl (C=O) groups excluding carboxylic acids is 1. The van der Waals surface area contributed by atoms with Gasteiger partial charge in [-0.25, -0.2) is 0 Å². The Labute approximate surface area is 187 Å². The highest BCUT2D eigenvalue weighted by atomic mass is 16.5. The molecule has 0 fully saturated rings. The van der Waals surface area contributed by atoms with Gasteiger partial charge in [0.05, 0.1) is 7.11 Å². The third-order valence-electron chi connectivity index (χ3n) is 4.49. The number of methoxy groups -OCH3 is 1. The van der Waals surface area contributed by atoms with E-state index >= 15 is 0 Å². The van der Waals surface area contributed by atoms with Crippen molar-refractivity contribution in [2.24, 2.45) is 0 Å². The first-order valence-electron chi connectivity index (χ1n) is 9.98. The lowest BCUT2D eigenvalue weighted by Crippen LogP contribution is -1.97. The number of phenolic OH excluding ortho intramolecular Hbond substituents is 1. The molecule has 0 bridgehead atoms. The molecule has 3 aromatic rings. The normalized spacial score (nSPS) is 11.7. The monoisotopic (exact) mass is 428 g/mol. The van der Waals surface area contributed by atoms with Crippen LogP contribution in [-0.2, 0) is 11.4 Å². The number of benzene rings is 3. The van der Waals surface area contributed by atoms with Gasteiger partial charge in [-0.1, -0.05) is 60.7 Å². The predicted octanol–water partition coefficient (Wildman–Crippen LogP) is 5.72. The van der Waals surface area contributed by atoms with Gasteiger partial charge in [0, 0.05) is 6.08 Å². The predicted molar refractivity (Wildman–Crippen MR) is 126 cm³/mol. The molecule has 0 saturated heterocycles. The number of ether oxygens (including phenoxy) is 2. The SMILES string of the molecule is COc1cc(/C=C/C(O)=CC(=O)/C=C/c2ccc(O)cc2)ccc1OCc1ccccc1. The van der Waals surface area contributed by atoms with Gasteiger partial charge in [-0.05, 0) is 53.1 Å². The van der Waals surface area contributed by atoms with Crippen LogP contribution in [0.2, 0.25) is 0 Å². The minimum absolute atomic E-state index is 0.156. The van der Waals surface area contributed by atoms with Crippen molar-refractivity contribution in [3.8, 4) is 17.2 Å². The number of hydrogen-bond acceptors (Lipinski definition) is 5. The van der Waals surface area contributed by atoms with Crippen LogP contribution < -0.4 is 9.47 Å². The van der Waals surface area contributed by atoms with E-state index in [2.05, 4.69) is 0 Å². The summed E-state index contributed by atoms with van der Waals surface area (Å²) in [5.41, 5.74) is 2.60. The number of hydrogen-bond donors (Lipinski definition) is 2. The molecule has 0 aliphatic carbocycles. The zero-order valence-electron chi connectivity index (χ0n) is 17.6. The van der Waals surface area contributed by atoms with E-state index in [9.17, 15) is 15.0 Å². The smallest absolute Gasteiger partial charge is 0.182 e. The maximum atomic E-state index is 12.0. The first-order chi connectivity index (χ1) is 15.5. The lowest BCUT2D eigenvalue weighted by Gasteiger charge is -2.11. The first-order valence-corrected chi connectivity index (χ1v) is 9.98. The highest BCUT2D eigenvalue weighted by Crippen LogP contribution is 2.29. The summed E-state index contributed by atoms with van der Waals surface area (Å²) in [6, 6.07) is 21.7. The molecule has 0 aliphatic rings. The van der Waals surface area contributed by atoms with Crippen molar-refractivity contribution in [2.45, 2.75) is 6.61 Å². The molecule has 0 amide bonds. The van der Waals surface area contributed by atoms with Crippen molar-refractivity contribution < 1.29 is 24.5 Å². The molecule has 5 heteroatoms. The van der Waals surface area contributed by atoms with E-state index in [0.29, 0.717) is 18.1 Å². The highest BCUT2D eigenvalue weighted by molar-refractivity contribution is 6.02. The Bertz CT molecular complexity index is 1130. The second-order valence-electron chi connectivity index (χ2n) is 6.91. The summed E-state index contributed by atoms with van der Waals surface area (Å²) < 4.78 is 11.3. The minimum atomic E-state index is -0.359. The lowest BCUT2D eigenvalue weighted by atomic mass is 10.1. The molecule has 3 aromatic carbocycles. The second-order valence-corrected chi connectivity index (χ2v) is 6.91. The van der Waals surface area contributed by atoms with E-state index in [4.69, 9.17) is 9.47 Å². The highest BCUT2D eigenvalue weighted by Gasteiger charge is 2.05. The van der Waals surface area contributed by atoms with Gasteiger partial charge in [0.1, 0.15) is 18.1 Å². The summed E-state index contributed by atoms with van der Waals surface area (Å²) in [6.07, 6.45) is 7.19. The molecule has 0 unspecified atom stereocenters. The second kappa shape index (κ2) is 11.2. The number of aliphatic hydroxyl groups excluding tert-OH is 1. The molecule has 0 saturated carbocycles. The Morgan fingerprint density at radius 1 is 0.875 bits per heavy atom. The fraction of sp³-hybridized carbons (Fsp3) is 0.0741. The largest absolute Gasteiger partial charge is 0.508 e. The Kier molecular flexibility index (Phi) is 7.87. The van der Waals surface area contributed by atoms with Gasteiger partial charge >= 0.3 is 0 Å². The molecule has 3 rings (SSSR count). The van der Waals surface area contributed by atoms with E-state index < -0.39 is 0 Å². The van der Waals surface area contributed by atoms with Crippen LogP contribution in [0.25, 0.3) is 12.2 Å². The lowest BCUT2D eigenvalue weighted by molar-refractivity contribution is -0.110. The van der Waals surface area contributed by atoms with Crippen LogP contribution in [0.1, 0.15) is 16.7 Å². The maximum Gasteiger partial charge on any atom is 0.182 e. The molecule has 0 aromatic heterocycles. The quantitative estimate of drug-likeness (QED) is 0.259. The summed E-state index contributed by atoms with van der Waals surface area (Å²) in [5.74, 6) is 0.807. The number of rotatable bonds is 9. The molecule has 0 heterocycles. The van der Waals surface area contributed by atoms with E-state index in [1.807, 2.05) is 36.4 Å². The fourth-order valence-electron chi connectivity index (χ4n) is 2.83. The number of aliphatic hydroxyl groups is 1. The van der Waals surface area contributed by atoms with Gasteiger partial charge in [0.2, 0.25) is 0 Å². The standard InChI is InChI=1S/C27H24O5/c1-31-27-17-21(11-16-26(27)32-19-22-5-3-2-4-6-22)10-15-25(30)18-24(29)14-9-20-7-12-23(28)13-8-20/h2-18,28,30H,19H2,1H3/b14-9+,15-10+,25-18?. The molecule has 0 radical (unpaired) electrons. The number of ketones is 1. The van der Waals surface area contributed by atoms with Crippen LogP contribution in [0.5, 0.6) is 17.2 Å². The molecule has 0 spiro atoms. The van der Waals surface area contributed by atoms with Crippen molar-refractivity contribution in [3.05, 3.63) is 113 Å². The maximum absolute atomic E-state index is 12.0. The summed E-state index contributed by atoms with van der Waals surface area (Å²) >= 11 is 0. The van der Waals surface area contributed by atoms with Crippen LogP contribution in [-0.4, -0.2) is 23.1 Å². The summed E-state index contributed by atoms with van der Waals surface area (Å²) in [6.45, 7) is 0.426. The van der Waals surface area contributed by atoms with Crippen molar-refractivity contribution in [3.63, 3.8) is 0 Å². The Hall–Kier alpha value is -4.25. The fourth-order valence-corrected chi connectivity index (χ4v) is 2.83. The van der Waals surface area contributed by atoms with Crippen LogP contribution in [0.15, 0.2) is 96.8 Å². The number of aromatic hydroxyl groups is 1. The van der Waals surface area contributed by atoms with Crippen molar-refractivity contribution in [1.29, 1.82) is 0 Å². The van der Waals surface area contributed by atoms with E-state index in [-0.39, 0.29) is 17.3 Å². The van der Waals surface area contributed by atoms with Crippen molar-refractivity contribution in [1.82, 2.24) is 0 Å². The van der Waals surface area contributed by atoms with Crippen LogP contribution in [0.3, 0.4) is 0 Å². The minimum Gasteiger partial charge on any atom is -0.508 e. The number of allylic oxidation sites excluding steroid dienone is 3. The van der Waals surface area contributed by atoms with Gasteiger partial charge in [-0.2, -0.15) is 0 Å². The number of phenols is 1. The van der Waals surface area contributed by atoms with Gasteiger partial charge in [0.25, 0.3) is 0 Å².